The van der Waals surface area contributed by atoms with Gasteiger partial charge in [-0.3, -0.25) is 14.5 Å². The van der Waals surface area contributed by atoms with Gasteiger partial charge in [-0.15, -0.1) is 0 Å². The van der Waals surface area contributed by atoms with Crippen molar-refractivity contribution in [2.45, 2.75) is 128 Å². The van der Waals surface area contributed by atoms with Gasteiger partial charge in [-0.1, -0.05) is 0 Å². The zero-order valence-electron chi connectivity index (χ0n) is 35.3. The highest BCUT2D eigenvalue weighted by Crippen LogP contribution is 2.42. The molecule has 2 aliphatic carbocycles. The summed E-state index contributed by atoms with van der Waals surface area (Å²) < 4.78 is 42.3. The maximum Gasteiger partial charge on any atom is 0.407 e. The summed E-state index contributed by atoms with van der Waals surface area (Å²) in [5.74, 6) is -0.831. The molecule has 3 heterocycles. The fourth-order valence-corrected chi connectivity index (χ4v) is 9.66. The Balaban J connectivity index is 1.08. The fraction of sp³-hybridized carbons (Fsp3) is 0.727. The Hall–Kier alpha value is -3.75. The van der Waals surface area contributed by atoms with Gasteiger partial charge in [0.2, 0.25) is 17.6 Å². The molecular formula is C44H65FN4O9. The van der Waals surface area contributed by atoms with E-state index < -0.39 is 36.4 Å². The summed E-state index contributed by atoms with van der Waals surface area (Å²) in [5.41, 5.74) is 0.164. The van der Waals surface area contributed by atoms with Crippen LogP contribution < -0.4 is 10.6 Å². The third-order valence-electron chi connectivity index (χ3n) is 12.6. The van der Waals surface area contributed by atoms with Crippen LogP contribution in [0.25, 0.3) is 11.0 Å². The standard InChI is InChI=1S/C44H65FN4O9/c1-43(2,3)58-42(53)47-35(26-45)29-8-10-30(11-9-29)40(51)49-20-18-34(28-12-15-33(54-6)16-13-28)38(49)39(50)46-32-14-17-36-31(24-32)25-37(57-36)41(52)55-22-7-19-48-21-23-56-44(4,5)27-48/h14,17,24-25,28-30,33-35,38H,7-13,15-16,18-23,26-27H2,1-6H3,(H,46,50)(H,47,53)/t28?,29?,30?,33?,34-,35+,38+/m0/s1. The molecule has 1 aromatic heterocycles. The number of furan rings is 1. The SMILES string of the molecule is COC1CCC([C@@H]2CCN(C(=O)C3CCC([C@@H](CF)NC(=O)OC(C)(C)C)CC3)[C@H]2C(=O)Nc2ccc3oc(C(=O)OCCCN4CCOC(C)(C)C4)cc3c2)CC1. The van der Waals surface area contributed by atoms with Gasteiger partial charge >= 0.3 is 12.1 Å². The Kier molecular flexibility index (Phi) is 14.4. The van der Waals surface area contributed by atoms with E-state index >= 15 is 0 Å². The number of carbonyl (C=O) groups is 4. The molecule has 14 heteroatoms. The van der Waals surface area contributed by atoms with Gasteiger partial charge in [-0.05, 0) is 141 Å². The van der Waals surface area contributed by atoms with Crippen LogP contribution in [0.1, 0.15) is 109 Å². The molecule has 0 spiro atoms. The minimum absolute atomic E-state index is 0.000748. The predicted octanol–water partition coefficient (Wildman–Crippen LogP) is 7.12. The zero-order chi connectivity index (χ0) is 41.6. The number of benzene rings is 1. The van der Waals surface area contributed by atoms with E-state index in [0.29, 0.717) is 61.9 Å². The van der Waals surface area contributed by atoms with Crippen molar-refractivity contribution >= 4 is 40.5 Å². The molecule has 4 aliphatic rings. The molecule has 58 heavy (non-hydrogen) atoms. The van der Waals surface area contributed by atoms with Gasteiger partial charge < -0.3 is 38.9 Å². The monoisotopic (exact) mass is 812 g/mol. The molecule has 6 rings (SSSR count). The number of esters is 1. The third kappa shape index (κ3) is 11.3. The fourth-order valence-electron chi connectivity index (χ4n) is 9.66. The van der Waals surface area contributed by atoms with Gasteiger partial charge in [-0.2, -0.15) is 0 Å². The number of anilines is 1. The highest BCUT2D eigenvalue weighted by Gasteiger charge is 2.47. The first-order chi connectivity index (χ1) is 27.6. The summed E-state index contributed by atoms with van der Waals surface area (Å²) in [5, 5.41) is 6.46. The highest BCUT2D eigenvalue weighted by molar-refractivity contribution is 6.00. The van der Waals surface area contributed by atoms with E-state index in [1.54, 1.807) is 57.0 Å². The molecule has 322 valence electrons. The minimum atomic E-state index is -0.714. The Morgan fingerprint density at radius 3 is 2.40 bits per heavy atom. The number of hydrogen-bond acceptors (Lipinski definition) is 10. The lowest BCUT2D eigenvalue weighted by Crippen LogP contribution is -2.50. The van der Waals surface area contributed by atoms with E-state index in [4.69, 9.17) is 23.4 Å². The van der Waals surface area contributed by atoms with E-state index in [-0.39, 0.29) is 59.6 Å². The normalized spacial score (nSPS) is 27.2. The number of ether oxygens (including phenoxy) is 4. The predicted molar refractivity (Wildman–Crippen MR) is 217 cm³/mol. The number of alkyl carbamates (subject to hydrolysis) is 1. The second-order valence-electron chi connectivity index (χ2n) is 18.4. The summed E-state index contributed by atoms with van der Waals surface area (Å²) in [6, 6.07) is 5.56. The first-order valence-corrected chi connectivity index (χ1v) is 21.4. The van der Waals surface area contributed by atoms with E-state index in [1.807, 2.05) is 0 Å². The van der Waals surface area contributed by atoms with Crippen LogP contribution in [0.4, 0.5) is 14.9 Å². The van der Waals surface area contributed by atoms with E-state index in [1.165, 1.54) is 0 Å². The quantitative estimate of drug-likeness (QED) is 0.158. The number of carbonyl (C=O) groups excluding carboxylic acids is 4. The van der Waals surface area contributed by atoms with Crippen molar-refractivity contribution in [3.63, 3.8) is 0 Å². The van der Waals surface area contributed by atoms with Crippen LogP contribution in [0.2, 0.25) is 0 Å². The topological polar surface area (TPSA) is 149 Å². The van der Waals surface area contributed by atoms with Crippen molar-refractivity contribution in [2.75, 3.05) is 58.5 Å². The Bertz CT molecular complexity index is 1730. The maximum absolute atomic E-state index is 14.4. The van der Waals surface area contributed by atoms with Gasteiger partial charge in [0.05, 0.1) is 31.0 Å². The molecule has 2 saturated carbocycles. The molecule has 13 nitrogen and oxygen atoms in total. The van der Waals surface area contributed by atoms with Crippen molar-refractivity contribution in [3.05, 3.63) is 30.0 Å². The van der Waals surface area contributed by atoms with Crippen LogP contribution >= 0.6 is 0 Å². The number of likely N-dealkylation sites (tertiary alicyclic amines) is 1. The molecule has 4 fully saturated rings. The summed E-state index contributed by atoms with van der Waals surface area (Å²) in [6.07, 6.45) is 6.99. The second kappa shape index (κ2) is 19.1. The van der Waals surface area contributed by atoms with Crippen LogP contribution in [-0.2, 0) is 28.5 Å². The highest BCUT2D eigenvalue weighted by atomic mass is 19.1. The molecular weight excluding hydrogens is 748 g/mol. The van der Waals surface area contributed by atoms with Crippen molar-refractivity contribution in [3.8, 4) is 0 Å². The second-order valence-corrected chi connectivity index (χ2v) is 18.4. The number of halogens is 1. The average molecular weight is 813 g/mol. The van der Waals surface area contributed by atoms with E-state index in [9.17, 15) is 23.6 Å². The number of alkyl halides is 1. The first-order valence-electron chi connectivity index (χ1n) is 21.4. The Morgan fingerprint density at radius 2 is 1.72 bits per heavy atom. The van der Waals surface area contributed by atoms with Crippen LogP contribution in [-0.4, -0.2) is 116 Å². The van der Waals surface area contributed by atoms with Crippen LogP contribution in [0.5, 0.6) is 0 Å². The van der Waals surface area contributed by atoms with Crippen LogP contribution in [0, 0.1) is 23.7 Å². The maximum atomic E-state index is 14.4. The number of amides is 3. The molecule has 2 saturated heterocycles. The summed E-state index contributed by atoms with van der Waals surface area (Å²) in [4.78, 5) is 58.1. The molecule has 0 unspecified atom stereocenters. The largest absolute Gasteiger partial charge is 0.460 e. The number of nitrogens with one attached hydrogen (secondary N) is 2. The van der Waals surface area contributed by atoms with Gasteiger partial charge in [0.25, 0.3) is 0 Å². The van der Waals surface area contributed by atoms with E-state index in [0.717, 1.165) is 51.7 Å². The van der Waals surface area contributed by atoms with Crippen molar-refractivity contribution in [1.29, 1.82) is 0 Å². The number of morpholine rings is 1. The van der Waals surface area contributed by atoms with Crippen LogP contribution in [0.15, 0.2) is 28.7 Å². The number of methoxy groups -OCH3 is 1. The van der Waals surface area contributed by atoms with Gasteiger partial charge in [-0.25, -0.2) is 14.0 Å². The number of fused-ring (bicyclic) bond motifs is 1. The van der Waals surface area contributed by atoms with Gasteiger partial charge in [0.15, 0.2) is 0 Å². The first kappa shape index (κ1) is 43.8. The Labute approximate surface area is 342 Å². The molecule has 3 amide bonds. The molecule has 0 bridgehead atoms. The average Bonchev–Trinajstić information content (AvgIpc) is 3.83. The lowest BCUT2D eigenvalue weighted by molar-refractivity contribution is -0.142. The molecule has 1 aromatic carbocycles. The van der Waals surface area contributed by atoms with Crippen molar-refractivity contribution in [1.82, 2.24) is 15.1 Å². The van der Waals surface area contributed by atoms with Crippen LogP contribution in [0.3, 0.4) is 0 Å². The molecule has 2 aliphatic heterocycles. The number of rotatable bonds is 13. The molecule has 2 N–H and O–H groups in total. The van der Waals surface area contributed by atoms with Gasteiger partial charge in [0, 0.05) is 50.3 Å². The van der Waals surface area contributed by atoms with E-state index in [2.05, 4.69) is 29.4 Å². The summed E-state index contributed by atoms with van der Waals surface area (Å²) in [7, 11) is 1.74. The smallest absolute Gasteiger partial charge is 0.407 e. The summed E-state index contributed by atoms with van der Waals surface area (Å²) in [6.45, 7) is 12.7. The molecule has 3 atom stereocenters. The minimum Gasteiger partial charge on any atom is -0.460 e. The lowest BCUT2D eigenvalue weighted by atomic mass is 9.75. The van der Waals surface area contributed by atoms with Gasteiger partial charge in [0.1, 0.15) is 23.9 Å². The third-order valence-corrected chi connectivity index (χ3v) is 12.6. The summed E-state index contributed by atoms with van der Waals surface area (Å²) >= 11 is 0. The van der Waals surface area contributed by atoms with Crippen molar-refractivity contribution in [2.24, 2.45) is 23.7 Å². The number of nitrogens with zero attached hydrogens (tertiary/aromatic N) is 2. The van der Waals surface area contributed by atoms with Crippen molar-refractivity contribution < 1.29 is 46.9 Å². The zero-order valence-corrected chi connectivity index (χ0v) is 35.3. The Morgan fingerprint density at radius 1 is 0.983 bits per heavy atom. The lowest BCUT2D eigenvalue weighted by Gasteiger charge is -2.38. The molecule has 0 radical (unpaired) electrons. The molecule has 2 aromatic rings. The number of hydrogen-bond donors (Lipinski definition) is 2.